The zero-order chi connectivity index (χ0) is 21.8. The number of aromatic carboxylic acids is 1. The van der Waals surface area contributed by atoms with Crippen LogP contribution in [0.25, 0.3) is 5.65 Å². The van der Waals surface area contributed by atoms with Gasteiger partial charge >= 0.3 is 5.97 Å². The van der Waals surface area contributed by atoms with E-state index in [0.29, 0.717) is 17.2 Å². The van der Waals surface area contributed by atoms with Crippen molar-refractivity contribution >= 4 is 23.1 Å². The van der Waals surface area contributed by atoms with Gasteiger partial charge in [-0.05, 0) is 51.0 Å². The fraction of sp³-hybridized carbons (Fsp3) is 0.348. The van der Waals surface area contributed by atoms with E-state index in [2.05, 4.69) is 17.1 Å². The number of benzene rings is 1. The molecule has 2 aromatic heterocycles. The molecule has 0 saturated heterocycles. The van der Waals surface area contributed by atoms with Crippen molar-refractivity contribution in [3.63, 3.8) is 0 Å². The smallest absolute Gasteiger partial charge is 0.337 e. The molecule has 1 aromatic carbocycles. The third-order valence-electron chi connectivity index (χ3n) is 5.11. The number of para-hydroxylation sites is 1. The van der Waals surface area contributed by atoms with Crippen molar-refractivity contribution in [2.24, 2.45) is 0 Å². The SMILES string of the molecule is CCCN(CC)c1cc(=O)n2cc(C)cc(C(C)Nc3ccccc3C(=O)O)c2n1. The maximum absolute atomic E-state index is 12.9. The van der Waals surface area contributed by atoms with Crippen LogP contribution in [0.15, 0.2) is 47.4 Å². The van der Waals surface area contributed by atoms with Crippen LogP contribution < -0.4 is 15.8 Å². The zero-order valence-electron chi connectivity index (χ0n) is 17.8. The highest BCUT2D eigenvalue weighted by molar-refractivity contribution is 5.94. The topological polar surface area (TPSA) is 86.9 Å². The van der Waals surface area contributed by atoms with Crippen molar-refractivity contribution in [1.82, 2.24) is 9.38 Å². The van der Waals surface area contributed by atoms with Gasteiger partial charge in [0.2, 0.25) is 0 Å². The summed E-state index contributed by atoms with van der Waals surface area (Å²) in [5.74, 6) is -0.332. The Balaban J connectivity index is 2.11. The summed E-state index contributed by atoms with van der Waals surface area (Å²) < 4.78 is 1.56. The number of fused-ring (bicyclic) bond motifs is 1. The highest BCUT2D eigenvalue weighted by Crippen LogP contribution is 2.26. The average Bonchev–Trinajstić information content (AvgIpc) is 2.72. The second-order valence-electron chi connectivity index (χ2n) is 7.42. The Morgan fingerprint density at radius 3 is 2.67 bits per heavy atom. The van der Waals surface area contributed by atoms with Gasteiger partial charge in [-0.25, -0.2) is 9.78 Å². The lowest BCUT2D eigenvalue weighted by Crippen LogP contribution is -2.28. The van der Waals surface area contributed by atoms with Crippen LogP contribution in [0, 0.1) is 6.92 Å². The number of carboxylic acid groups (broad SMARTS) is 1. The van der Waals surface area contributed by atoms with Gasteiger partial charge in [0.1, 0.15) is 11.5 Å². The van der Waals surface area contributed by atoms with Gasteiger partial charge in [-0.3, -0.25) is 9.20 Å². The molecule has 0 fully saturated rings. The maximum atomic E-state index is 12.9. The minimum Gasteiger partial charge on any atom is -0.478 e. The molecule has 0 saturated carbocycles. The van der Waals surface area contributed by atoms with Gasteiger partial charge in [-0.2, -0.15) is 0 Å². The Labute approximate surface area is 176 Å². The van der Waals surface area contributed by atoms with E-state index >= 15 is 0 Å². The van der Waals surface area contributed by atoms with E-state index in [-0.39, 0.29) is 17.2 Å². The summed E-state index contributed by atoms with van der Waals surface area (Å²) >= 11 is 0. The van der Waals surface area contributed by atoms with Gasteiger partial charge in [-0.1, -0.05) is 19.1 Å². The maximum Gasteiger partial charge on any atom is 0.337 e. The van der Waals surface area contributed by atoms with Crippen LogP contribution in [-0.4, -0.2) is 33.6 Å². The lowest BCUT2D eigenvalue weighted by atomic mass is 10.1. The molecule has 1 unspecified atom stereocenters. The van der Waals surface area contributed by atoms with E-state index in [0.717, 1.165) is 30.6 Å². The van der Waals surface area contributed by atoms with E-state index in [4.69, 9.17) is 4.98 Å². The predicted molar refractivity (Wildman–Crippen MR) is 120 cm³/mol. The van der Waals surface area contributed by atoms with Crippen LogP contribution >= 0.6 is 0 Å². The van der Waals surface area contributed by atoms with Gasteiger partial charge in [0.05, 0.1) is 11.6 Å². The molecule has 30 heavy (non-hydrogen) atoms. The fourth-order valence-corrected chi connectivity index (χ4v) is 3.65. The molecule has 7 heteroatoms. The molecule has 1 atom stereocenters. The number of carboxylic acids is 1. The van der Waals surface area contributed by atoms with Crippen LogP contribution in [0.4, 0.5) is 11.5 Å². The first-order valence-corrected chi connectivity index (χ1v) is 10.2. The molecule has 7 nitrogen and oxygen atoms in total. The molecule has 0 spiro atoms. The summed E-state index contributed by atoms with van der Waals surface area (Å²) in [5, 5.41) is 12.8. The molecule has 0 radical (unpaired) electrons. The molecular formula is C23H28N4O3. The number of hydrogen-bond donors (Lipinski definition) is 2. The number of nitrogens with zero attached hydrogens (tertiary/aromatic N) is 3. The van der Waals surface area contributed by atoms with E-state index in [1.165, 1.54) is 0 Å². The number of nitrogens with one attached hydrogen (secondary N) is 1. The summed E-state index contributed by atoms with van der Waals surface area (Å²) in [6.07, 6.45) is 2.74. The molecule has 0 aliphatic heterocycles. The minimum atomic E-state index is -0.991. The lowest BCUT2D eigenvalue weighted by molar-refractivity contribution is 0.0698. The second-order valence-corrected chi connectivity index (χ2v) is 7.42. The van der Waals surface area contributed by atoms with Gasteiger partial charge in [0.25, 0.3) is 5.56 Å². The summed E-state index contributed by atoms with van der Waals surface area (Å²) in [5.41, 5.74) is 2.93. The number of rotatable bonds is 8. The number of aromatic nitrogens is 2. The van der Waals surface area contributed by atoms with Gasteiger partial charge in [-0.15, -0.1) is 0 Å². The van der Waals surface area contributed by atoms with E-state index in [1.54, 1.807) is 40.9 Å². The molecular weight excluding hydrogens is 380 g/mol. The van der Waals surface area contributed by atoms with Gasteiger partial charge in [0, 0.05) is 36.6 Å². The summed E-state index contributed by atoms with van der Waals surface area (Å²) in [4.78, 5) is 31.3. The van der Waals surface area contributed by atoms with Gasteiger partial charge < -0.3 is 15.3 Å². The molecule has 0 aliphatic rings. The van der Waals surface area contributed by atoms with E-state index in [1.807, 2.05) is 26.8 Å². The Hall–Kier alpha value is -3.35. The monoisotopic (exact) mass is 408 g/mol. The molecule has 2 heterocycles. The summed E-state index contributed by atoms with van der Waals surface area (Å²) in [6.45, 7) is 9.59. The quantitative estimate of drug-likeness (QED) is 0.583. The highest BCUT2D eigenvalue weighted by Gasteiger charge is 2.18. The normalized spacial score (nSPS) is 12.0. The Morgan fingerprint density at radius 1 is 1.27 bits per heavy atom. The standard InChI is InChI=1S/C23H28N4O3/c1-5-11-26(6-2)20-13-21(28)27-14-15(3)12-18(22(27)25-20)16(4)24-19-10-8-7-9-17(19)23(29)30/h7-10,12-14,16,24H,5-6,11H2,1-4H3,(H,29,30). The fourth-order valence-electron chi connectivity index (χ4n) is 3.65. The Bertz CT molecular complexity index is 1120. The highest BCUT2D eigenvalue weighted by atomic mass is 16.4. The van der Waals surface area contributed by atoms with Crippen LogP contribution in [0.5, 0.6) is 0 Å². The number of hydrogen-bond acceptors (Lipinski definition) is 5. The van der Waals surface area contributed by atoms with Crippen molar-refractivity contribution in [3.05, 3.63) is 69.6 Å². The Kier molecular flexibility index (Phi) is 6.40. The van der Waals surface area contributed by atoms with Gasteiger partial charge in [0.15, 0.2) is 0 Å². The molecule has 0 amide bonds. The first-order chi connectivity index (χ1) is 14.3. The molecule has 2 N–H and O–H groups in total. The van der Waals surface area contributed by atoms with E-state index in [9.17, 15) is 14.7 Å². The third-order valence-corrected chi connectivity index (χ3v) is 5.11. The summed E-state index contributed by atoms with van der Waals surface area (Å²) in [7, 11) is 0. The number of carbonyl (C=O) groups is 1. The molecule has 0 bridgehead atoms. The van der Waals surface area contributed by atoms with Crippen molar-refractivity contribution in [2.75, 3.05) is 23.3 Å². The Morgan fingerprint density at radius 2 is 2.00 bits per heavy atom. The lowest BCUT2D eigenvalue weighted by Gasteiger charge is -2.23. The van der Waals surface area contributed by atoms with Crippen LogP contribution in [-0.2, 0) is 0 Å². The largest absolute Gasteiger partial charge is 0.478 e. The molecule has 0 aliphatic carbocycles. The van der Waals surface area contributed by atoms with E-state index < -0.39 is 5.97 Å². The minimum absolute atomic E-state index is 0.132. The first-order valence-electron chi connectivity index (χ1n) is 10.2. The molecule has 158 valence electrons. The number of anilines is 2. The van der Waals surface area contributed by atoms with Crippen LogP contribution in [0.2, 0.25) is 0 Å². The second kappa shape index (κ2) is 8.98. The predicted octanol–water partition coefficient (Wildman–Crippen LogP) is 4.11. The molecule has 3 aromatic rings. The first kappa shape index (κ1) is 21.4. The van der Waals surface area contributed by atoms with Crippen LogP contribution in [0.3, 0.4) is 0 Å². The van der Waals surface area contributed by atoms with Crippen molar-refractivity contribution in [1.29, 1.82) is 0 Å². The summed E-state index contributed by atoms with van der Waals surface area (Å²) in [6, 6.07) is 10.1. The molecule has 3 rings (SSSR count). The van der Waals surface area contributed by atoms with Crippen molar-refractivity contribution < 1.29 is 9.90 Å². The zero-order valence-corrected chi connectivity index (χ0v) is 17.8. The van der Waals surface area contributed by atoms with Crippen molar-refractivity contribution in [2.45, 2.75) is 40.2 Å². The average molecular weight is 409 g/mol. The number of aryl methyl sites for hydroxylation is 1. The third kappa shape index (κ3) is 4.30. The van der Waals surface area contributed by atoms with Crippen LogP contribution in [0.1, 0.15) is 54.7 Å². The van der Waals surface area contributed by atoms with Crippen molar-refractivity contribution in [3.8, 4) is 0 Å². The number of pyridine rings is 1.